The monoisotopic (exact) mass is 301 g/mol. The Morgan fingerprint density at radius 1 is 1.18 bits per heavy atom. The molecule has 22 heavy (non-hydrogen) atoms. The summed E-state index contributed by atoms with van der Waals surface area (Å²) in [5.41, 5.74) is 4.20. The van der Waals surface area contributed by atoms with Gasteiger partial charge in [0.05, 0.1) is 0 Å². The summed E-state index contributed by atoms with van der Waals surface area (Å²) in [5, 5.41) is 2.85. The molecule has 0 saturated carbocycles. The van der Waals surface area contributed by atoms with Crippen LogP contribution in [0.5, 0.6) is 0 Å². The van der Waals surface area contributed by atoms with Crippen molar-refractivity contribution in [1.29, 1.82) is 0 Å². The number of hydrogen-bond acceptors (Lipinski definition) is 2. The summed E-state index contributed by atoms with van der Waals surface area (Å²) in [6.07, 6.45) is 3.80. The Labute approximate surface area is 133 Å². The Morgan fingerprint density at radius 3 is 2.27 bits per heavy atom. The number of hydrogen-bond donors (Lipinski definition) is 1. The molecular formula is C18H27N3O. The van der Waals surface area contributed by atoms with E-state index >= 15 is 0 Å². The lowest BCUT2D eigenvalue weighted by atomic mass is 10.0. The SMILES string of the molecule is C=CCNC(=O)N1CCN(c2c(CC)cccc2CC)CC1. The predicted molar refractivity (Wildman–Crippen MR) is 92.6 cm³/mol. The average Bonchev–Trinajstić information content (AvgIpc) is 2.58. The number of aryl methyl sites for hydroxylation is 2. The first kappa shape index (κ1) is 16.4. The van der Waals surface area contributed by atoms with Gasteiger partial charge in [-0.05, 0) is 24.0 Å². The summed E-state index contributed by atoms with van der Waals surface area (Å²) in [6.45, 7) is 11.9. The van der Waals surface area contributed by atoms with Crippen LogP contribution in [0.25, 0.3) is 0 Å². The highest BCUT2D eigenvalue weighted by atomic mass is 16.2. The minimum Gasteiger partial charge on any atom is -0.368 e. The molecule has 0 radical (unpaired) electrons. The molecule has 1 heterocycles. The van der Waals surface area contributed by atoms with Crippen molar-refractivity contribution in [3.63, 3.8) is 0 Å². The molecule has 0 aliphatic carbocycles. The number of carbonyl (C=O) groups is 1. The van der Waals surface area contributed by atoms with Crippen LogP contribution in [-0.2, 0) is 12.8 Å². The third kappa shape index (κ3) is 3.62. The lowest BCUT2D eigenvalue weighted by Gasteiger charge is -2.38. The van der Waals surface area contributed by atoms with Crippen LogP contribution in [0.2, 0.25) is 0 Å². The van der Waals surface area contributed by atoms with Crippen molar-refractivity contribution in [1.82, 2.24) is 10.2 Å². The minimum atomic E-state index is 0.0130. The van der Waals surface area contributed by atoms with Gasteiger partial charge in [0.25, 0.3) is 0 Å². The molecule has 120 valence electrons. The molecule has 0 aromatic heterocycles. The molecule has 0 unspecified atom stereocenters. The maximum Gasteiger partial charge on any atom is 0.317 e. The van der Waals surface area contributed by atoms with Gasteiger partial charge in [0.15, 0.2) is 0 Å². The van der Waals surface area contributed by atoms with Crippen LogP contribution in [0.15, 0.2) is 30.9 Å². The number of amides is 2. The van der Waals surface area contributed by atoms with Crippen molar-refractivity contribution >= 4 is 11.7 Å². The molecule has 0 spiro atoms. The standard InChI is InChI=1S/C18H27N3O/c1-4-10-19-18(22)21-13-11-20(12-14-21)17-15(5-2)8-7-9-16(17)6-3/h4,7-9H,1,5-6,10-14H2,2-3H3,(H,19,22). The molecule has 2 amide bonds. The van der Waals surface area contributed by atoms with E-state index in [0.29, 0.717) is 6.54 Å². The summed E-state index contributed by atoms with van der Waals surface area (Å²) < 4.78 is 0. The molecule has 1 aromatic rings. The molecular weight excluding hydrogens is 274 g/mol. The fourth-order valence-corrected chi connectivity index (χ4v) is 3.03. The van der Waals surface area contributed by atoms with E-state index in [2.05, 4.69) is 48.8 Å². The fraction of sp³-hybridized carbons (Fsp3) is 0.500. The fourth-order valence-electron chi connectivity index (χ4n) is 3.03. The van der Waals surface area contributed by atoms with Crippen LogP contribution in [0.1, 0.15) is 25.0 Å². The number of urea groups is 1. The molecule has 1 saturated heterocycles. The van der Waals surface area contributed by atoms with Crippen LogP contribution < -0.4 is 10.2 Å². The topological polar surface area (TPSA) is 35.6 Å². The maximum absolute atomic E-state index is 12.0. The highest BCUT2D eigenvalue weighted by molar-refractivity contribution is 5.74. The van der Waals surface area contributed by atoms with E-state index in [-0.39, 0.29) is 6.03 Å². The van der Waals surface area contributed by atoms with Crippen LogP contribution in [0.4, 0.5) is 10.5 Å². The summed E-state index contributed by atoms with van der Waals surface area (Å²) in [4.78, 5) is 16.3. The molecule has 4 nitrogen and oxygen atoms in total. The van der Waals surface area contributed by atoms with Gasteiger partial charge in [-0.25, -0.2) is 4.79 Å². The molecule has 0 bridgehead atoms. The van der Waals surface area contributed by atoms with Crippen LogP contribution in [0, 0.1) is 0 Å². The van der Waals surface area contributed by atoms with Crippen LogP contribution in [0.3, 0.4) is 0 Å². The first-order valence-electron chi connectivity index (χ1n) is 8.20. The summed E-state index contributed by atoms with van der Waals surface area (Å²) in [6, 6.07) is 6.61. The van der Waals surface area contributed by atoms with Crippen molar-refractivity contribution in [3.8, 4) is 0 Å². The lowest BCUT2D eigenvalue weighted by molar-refractivity contribution is 0.195. The lowest BCUT2D eigenvalue weighted by Crippen LogP contribution is -2.52. The Morgan fingerprint density at radius 2 is 1.77 bits per heavy atom. The normalized spacial score (nSPS) is 14.8. The number of benzene rings is 1. The highest BCUT2D eigenvalue weighted by Crippen LogP contribution is 2.27. The first-order chi connectivity index (χ1) is 10.7. The number of rotatable bonds is 5. The smallest absolute Gasteiger partial charge is 0.317 e. The van der Waals surface area contributed by atoms with Crippen LogP contribution in [-0.4, -0.2) is 43.7 Å². The molecule has 1 aliphatic heterocycles. The molecule has 1 aromatic carbocycles. The Balaban J connectivity index is 2.05. The second-order valence-corrected chi connectivity index (χ2v) is 5.58. The van der Waals surface area contributed by atoms with E-state index < -0.39 is 0 Å². The predicted octanol–water partition coefficient (Wildman–Crippen LogP) is 2.83. The number of carbonyl (C=O) groups excluding carboxylic acids is 1. The van der Waals surface area contributed by atoms with Gasteiger partial charge < -0.3 is 15.1 Å². The van der Waals surface area contributed by atoms with Crippen molar-refractivity contribution in [2.75, 3.05) is 37.6 Å². The van der Waals surface area contributed by atoms with E-state index in [0.717, 1.165) is 39.0 Å². The zero-order valence-electron chi connectivity index (χ0n) is 13.8. The summed E-state index contributed by atoms with van der Waals surface area (Å²) >= 11 is 0. The van der Waals surface area contributed by atoms with E-state index in [1.165, 1.54) is 16.8 Å². The van der Waals surface area contributed by atoms with Crippen molar-refractivity contribution < 1.29 is 4.79 Å². The maximum atomic E-state index is 12.0. The summed E-state index contributed by atoms with van der Waals surface area (Å²) in [5.74, 6) is 0. The van der Waals surface area contributed by atoms with Crippen molar-refractivity contribution in [2.24, 2.45) is 0 Å². The van der Waals surface area contributed by atoms with Crippen LogP contribution >= 0.6 is 0 Å². The second kappa shape index (κ2) is 7.87. The van der Waals surface area contributed by atoms with Gasteiger partial charge in [-0.15, -0.1) is 6.58 Å². The Bertz CT molecular complexity index is 497. The third-order valence-corrected chi connectivity index (χ3v) is 4.25. The molecule has 1 aliphatic rings. The van der Waals surface area contributed by atoms with Crippen molar-refractivity contribution in [2.45, 2.75) is 26.7 Å². The molecule has 4 heteroatoms. The van der Waals surface area contributed by atoms with E-state index in [4.69, 9.17) is 0 Å². The third-order valence-electron chi connectivity index (χ3n) is 4.25. The minimum absolute atomic E-state index is 0.0130. The zero-order valence-corrected chi connectivity index (χ0v) is 13.8. The Kier molecular flexibility index (Phi) is 5.87. The number of nitrogens with zero attached hydrogens (tertiary/aromatic N) is 2. The van der Waals surface area contributed by atoms with Gasteiger partial charge in [-0.2, -0.15) is 0 Å². The van der Waals surface area contributed by atoms with Gasteiger partial charge in [0.1, 0.15) is 0 Å². The van der Waals surface area contributed by atoms with E-state index in [9.17, 15) is 4.79 Å². The quantitative estimate of drug-likeness (QED) is 0.849. The van der Waals surface area contributed by atoms with Crippen molar-refractivity contribution in [3.05, 3.63) is 42.0 Å². The number of para-hydroxylation sites is 1. The van der Waals surface area contributed by atoms with E-state index in [1.54, 1.807) is 6.08 Å². The molecule has 1 N–H and O–H groups in total. The van der Waals surface area contributed by atoms with Gasteiger partial charge in [0, 0.05) is 38.4 Å². The molecule has 1 fully saturated rings. The van der Waals surface area contributed by atoms with E-state index in [1.807, 2.05) is 4.90 Å². The average molecular weight is 301 g/mol. The number of anilines is 1. The number of piperazine rings is 1. The van der Waals surface area contributed by atoms with Gasteiger partial charge in [0.2, 0.25) is 0 Å². The van der Waals surface area contributed by atoms with Gasteiger partial charge in [-0.1, -0.05) is 38.1 Å². The van der Waals surface area contributed by atoms with Gasteiger partial charge >= 0.3 is 6.03 Å². The first-order valence-corrected chi connectivity index (χ1v) is 8.20. The Hall–Kier alpha value is -1.97. The largest absolute Gasteiger partial charge is 0.368 e. The zero-order chi connectivity index (χ0) is 15.9. The molecule has 2 rings (SSSR count). The summed E-state index contributed by atoms with van der Waals surface area (Å²) in [7, 11) is 0. The molecule has 0 atom stereocenters. The highest BCUT2D eigenvalue weighted by Gasteiger charge is 2.23. The second-order valence-electron chi connectivity index (χ2n) is 5.58. The number of nitrogens with one attached hydrogen (secondary N) is 1. The van der Waals surface area contributed by atoms with Gasteiger partial charge in [-0.3, -0.25) is 0 Å².